The Balaban J connectivity index is 1.75. The van der Waals surface area contributed by atoms with E-state index in [9.17, 15) is 9.59 Å². The number of hydrogen-bond acceptors (Lipinski definition) is 5. The summed E-state index contributed by atoms with van der Waals surface area (Å²) in [7, 11) is 0. The van der Waals surface area contributed by atoms with Gasteiger partial charge in [-0.2, -0.15) is 5.10 Å². The minimum atomic E-state index is -0.130. The lowest BCUT2D eigenvalue weighted by atomic mass is 10.2. The molecule has 1 aromatic carbocycles. The van der Waals surface area contributed by atoms with Crippen LogP contribution >= 0.6 is 11.3 Å². The molecule has 0 saturated carbocycles. The number of fused-ring (bicyclic) bond motifs is 1. The molecule has 106 valence electrons. The SMILES string of the molecule is O=C(CCn1ncc(=O)c2ccccc21)Nc1nccs1. The molecule has 1 N–H and O–H groups in total. The van der Waals surface area contributed by atoms with Crippen molar-refractivity contribution in [1.29, 1.82) is 0 Å². The molecule has 0 spiro atoms. The molecular weight excluding hydrogens is 288 g/mol. The largest absolute Gasteiger partial charge is 0.302 e. The maximum absolute atomic E-state index is 11.8. The van der Waals surface area contributed by atoms with Gasteiger partial charge in [-0.3, -0.25) is 14.3 Å². The first-order valence-electron chi connectivity index (χ1n) is 6.38. The topological polar surface area (TPSA) is 76.9 Å². The zero-order valence-electron chi connectivity index (χ0n) is 11.0. The molecule has 3 rings (SSSR count). The average molecular weight is 300 g/mol. The van der Waals surface area contributed by atoms with Gasteiger partial charge in [0.05, 0.1) is 18.3 Å². The second-order valence-electron chi connectivity index (χ2n) is 4.38. The van der Waals surface area contributed by atoms with Crippen molar-refractivity contribution in [1.82, 2.24) is 14.8 Å². The third-order valence-corrected chi connectivity index (χ3v) is 3.68. The maximum atomic E-state index is 11.8. The zero-order valence-corrected chi connectivity index (χ0v) is 11.8. The van der Waals surface area contributed by atoms with E-state index >= 15 is 0 Å². The Kier molecular flexibility index (Phi) is 3.74. The predicted octanol–water partition coefficient (Wildman–Crippen LogP) is 1.88. The molecule has 7 heteroatoms. The number of thiazole rings is 1. The van der Waals surface area contributed by atoms with Crippen LogP contribution in [0.3, 0.4) is 0 Å². The van der Waals surface area contributed by atoms with E-state index in [4.69, 9.17) is 0 Å². The standard InChI is InChI=1S/C14H12N4O2S/c19-12-9-16-18(11-4-2-1-3-10(11)12)7-5-13(20)17-14-15-6-8-21-14/h1-4,6,8-9H,5,7H2,(H,15,17,20). The smallest absolute Gasteiger partial charge is 0.228 e. The van der Waals surface area contributed by atoms with Crippen LogP contribution in [-0.4, -0.2) is 20.7 Å². The Morgan fingerprint density at radius 2 is 2.19 bits per heavy atom. The number of anilines is 1. The molecule has 0 fully saturated rings. The second-order valence-corrected chi connectivity index (χ2v) is 5.28. The molecule has 3 aromatic rings. The number of carbonyl (C=O) groups excluding carboxylic acids is 1. The molecule has 0 aliphatic heterocycles. The van der Waals surface area contributed by atoms with Gasteiger partial charge in [0.25, 0.3) is 0 Å². The number of aromatic nitrogens is 3. The zero-order chi connectivity index (χ0) is 14.7. The Morgan fingerprint density at radius 1 is 1.33 bits per heavy atom. The van der Waals surface area contributed by atoms with Crippen LogP contribution in [0.25, 0.3) is 10.9 Å². The van der Waals surface area contributed by atoms with Gasteiger partial charge in [0.2, 0.25) is 11.3 Å². The number of hydrogen-bond donors (Lipinski definition) is 1. The molecule has 0 atom stereocenters. The van der Waals surface area contributed by atoms with Gasteiger partial charge in [0.15, 0.2) is 5.13 Å². The molecule has 0 bridgehead atoms. The van der Waals surface area contributed by atoms with Gasteiger partial charge in [-0.25, -0.2) is 4.98 Å². The van der Waals surface area contributed by atoms with Crippen LogP contribution in [0, 0.1) is 0 Å². The summed E-state index contributed by atoms with van der Waals surface area (Å²) in [5.74, 6) is -0.130. The Bertz CT molecular complexity index is 826. The van der Waals surface area contributed by atoms with Crippen LogP contribution < -0.4 is 10.7 Å². The fourth-order valence-electron chi connectivity index (χ4n) is 2.01. The van der Waals surface area contributed by atoms with E-state index in [1.165, 1.54) is 17.5 Å². The quantitative estimate of drug-likeness (QED) is 0.798. The second kappa shape index (κ2) is 5.84. The van der Waals surface area contributed by atoms with Gasteiger partial charge in [-0.1, -0.05) is 12.1 Å². The number of carbonyl (C=O) groups is 1. The van der Waals surface area contributed by atoms with Gasteiger partial charge in [-0.05, 0) is 12.1 Å². The van der Waals surface area contributed by atoms with Crippen LogP contribution in [0.1, 0.15) is 6.42 Å². The molecular formula is C14H12N4O2S. The molecule has 6 nitrogen and oxygen atoms in total. The summed E-state index contributed by atoms with van der Waals surface area (Å²) in [5.41, 5.74) is 0.612. The van der Waals surface area contributed by atoms with E-state index in [1.807, 2.05) is 18.2 Å². The Morgan fingerprint density at radius 3 is 3.00 bits per heavy atom. The van der Waals surface area contributed by atoms with E-state index in [0.29, 0.717) is 17.1 Å². The van der Waals surface area contributed by atoms with Gasteiger partial charge >= 0.3 is 0 Å². The summed E-state index contributed by atoms with van der Waals surface area (Å²) in [6, 6.07) is 7.23. The molecule has 0 aliphatic carbocycles. The van der Waals surface area contributed by atoms with Crippen LogP contribution in [-0.2, 0) is 11.3 Å². The van der Waals surface area contributed by atoms with Crippen molar-refractivity contribution in [3.8, 4) is 0 Å². The summed E-state index contributed by atoms with van der Waals surface area (Å²) in [6.45, 7) is 0.401. The fraction of sp³-hybridized carbons (Fsp3) is 0.143. The normalized spacial score (nSPS) is 10.7. The van der Waals surface area contributed by atoms with E-state index < -0.39 is 0 Å². The monoisotopic (exact) mass is 300 g/mol. The number of para-hydroxylation sites is 1. The molecule has 0 radical (unpaired) electrons. The summed E-state index contributed by atoms with van der Waals surface area (Å²) < 4.78 is 1.66. The van der Waals surface area contributed by atoms with Crippen molar-refractivity contribution < 1.29 is 4.79 Å². The van der Waals surface area contributed by atoms with Crippen molar-refractivity contribution in [2.45, 2.75) is 13.0 Å². The summed E-state index contributed by atoms with van der Waals surface area (Å²) in [4.78, 5) is 27.6. The van der Waals surface area contributed by atoms with Gasteiger partial charge in [0, 0.05) is 23.4 Å². The summed E-state index contributed by atoms with van der Waals surface area (Å²) in [5, 5.41) is 9.79. The molecule has 0 unspecified atom stereocenters. The third kappa shape index (κ3) is 2.97. The number of nitrogens with zero attached hydrogens (tertiary/aromatic N) is 3. The van der Waals surface area contributed by atoms with Gasteiger partial charge < -0.3 is 5.32 Å². The molecule has 0 aliphatic rings. The van der Waals surface area contributed by atoms with Crippen molar-refractivity contribution in [3.63, 3.8) is 0 Å². The highest BCUT2D eigenvalue weighted by atomic mass is 32.1. The van der Waals surface area contributed by atoms with Crippen molar-refractivity contribution in [2.24, 2.45) is 0 Å². The number of nitrogens with one attached hydrogen (secondary N) is 1. The molecule has 1 amide bonds. The lowest BCUT2D eigenvalue weighted by Crippen LogP contribution is -2.17. The van der Waals surface area contributed by atoms with Crippen LogP contribution in [0.2, 0.25) is 0 Å². The number of benzene rings is 1. The number of amides is 1. The first-order valence-corrected chi connectivity index (χ1v) is 7.26. The highest BCUT2D eigenvalue weighted by molar-refractivity contribution is 7.13. The van der Waals surface area contributed by atoms with Crippen molar-refractivity contribution in [2.75, 3.05) is 5.32 Å². The van der Waals surface area contributed by atoms with Gasteiger partial charge in [-0.15, -0.1) is 11.3 Å². The molecule has 2 aromatic heterocycles. The highest BCUT2D eigenvalue weighted by Crippen LogP contribution is 2.11. The highest BCUT2D eigenvalue weighted by Gasteiger charge is 2.07. The minimum absolute atomic E-state index is 0.117. The first kappa shape index (κ1) is 13.4. The number of rotatable bonds is 4. The average Bonchev–Trinajstić information content (AvgIpc) is 3.00. The fourth-order valence-corrected chi connectivity index (χ4v) is 2.56. The molecule has 21 heavy (non-hydrogen) atoms. The molecule has 2 heterocycles. The van der Waals surface area contributed by atoms with Crippen LogP contribution in [0.15, 0.2) is 46.8 Å². The Labute approximate surface area is 124 Å². The van der Waals surface area contributed by atoms with E-state index in [0.717, 1.165) is 5.52 Å². The van der Waals surface area contributed by atoms with E-state index in [-0.39, 0.29) is 17.8 Å². The minimum Gasteiger partial charge on any atom is -0.302 e. The summed E-state index contributed by atoms with van der Waals surface area (Å²) in [6.07, 6.45) is 3.18. The van der Waals surface area contributed by atoms with Gasteiger partial charge in [0.1, 0.15) is 0 Å². The van der Waals surface area contributed by atoms with Crippen LogP contribution in [0.5, 0.6) is 0 Å². The first-order chi connectivity index (χ1) is 10.2. The van der Waals surface area contributed by atoms with Crippen molar-refractivity contribution >= 4 is 33.3 Å². The third-order valence-electron chi connectivity index (χ3n) is 2.99. The summed E-state index contributed by atoms with van der Waals surface area (Å²) >= 11 is 1.37. The maximum Gasteiger partial charge on any atom is 0.228 e. The molecule has 0 saturated heterocycles. The lowest BCUT2D eigenvalue weighted by Gasteiger charge is -2.08. The lowest BCUT2D eigenvalue weighted by molar-refractivity contribution is -0.116. The van der Waals surface area contributed by atoms with Crippen LogP contribution in [0.4, 0.5) is 5.13 Å². The van der Waals surface area contributed by atoms with Crippen molar-refractivity contribution in [3.05, 3.63) is 52.3 Å². The van der Waals surface area contributed by atoms with E-state index in [2.05, 4.69) is 15.4 Å². The van der Waals surface area contributed by atoms with E-state index in [1.54, 1.807) is 22.3 Å². The predicted molar refractivity (Wildman–Crippen MR) is 81.4 cm³/mol. The number of aryl methyl sites for hydroxylation is 1. The Hall–Kier alpha value is -2.54.